The number of ether oxygens (including phenoxy) is 1. The van der Waals surface area contributed by atoms with Gasteiger partial charge in [0.2, 0.25) is 0 Å². The fraction of sp³-hybridized carbons (Fsp3) is 0.167. The van der Waals surface area contributed by atoms with E-state index in [1.165, 1.54) is 19.5 Å². The minimum Gasteiger partial charge on any atom is -0.498 e. The molecular formula is C6H5B2NO. The Morgan fingerprint density at radius 2 is 1.80 bits per heavy atom. The fourth-order valence-electron chi connectivity index (χ4n) is 0.717. The van der Waals surface area contributed by atoms with Crippen LogP contribution in [0.5, 0.6) is 5.75 Å². The van der Waals surface area contributed by atoms with E-state index >= 15 is 0 Å². The molecule has 10 heavy (non-hydrogen) atoms. The summed E-state index contributed by atoms with van der Waals surface area (Å²) in [5, 5.41) is 0. The molecule has 2 nitrogen and oxygen atoms in total. The lowest BCUT2D eigenvalue weighted by molar-refractivity contribution is 0.421. The number of hydrogen-bond donors (Lipinski definition) is 0. The van der Waals surface area contributed by atoms with Gasteiger partial charge >= 0.3 is 0 Å². The Balaban J connectivity index is 3.17. The van der Waals surface area contributed by atoms with Crippen LogP contribution in [0.3, 0.4) is 0 Å². The van der Waals surface area contributed by atoms with Gasteiger partial charge in [-0.1, -0.05) is 0 Å². The van der Waals surface area contributed by atoms with Gasteiger partial charge in [0, 0.05) is 12.4 Å². The average molecular weight is 129 g/mol. The summed E-state index contributed by atoms with van der Waals surface area (Å²) in [6.45, 7) is 0. The maximum atomic E-state index is 5.46. The third-order valence-corrected chi connectivity index (χ3v) is 1.16. The lowest BCUT2D eigenvalue weighted by Gasteiger charge is -2.06. The highest BCUT2D eigenvalue weighted by molar-refractivity contribution is 6.40. The smallest absolute Gasteiger partial charge is 0.121 e. The largest absolute Gasteiger partial charge is 0.498 e. The topological polar surface area (TPSA) is 22.1 Å². The van der Waals surface area contributed by atoms with Gasteiger partial charge < -0.3 is 4.74 Å². The molecule has 0 saturated heterocycles. The van der Waals surface area contributed by atoms with Crippen molar-refractivity contribution in [3.63, 3.8) is 0 Å². The first-order valence-electron chi connectivity index (χ1n) is 2.78. The molecule has 4 radical (unpaired) electrons. The average Bonchev–Trinajstić information content (AvgIpc) is 1.88. The summed E-state index contributed by atoms with van der Waals surface area (Å²) in [7, 11) is 12.4. The Labute approximate surface area is 62.4 Å². The second kappa shape index (κ2) is 2.78. The molecule has 0 saturated carbocycles. The minimum absolute atomic E-state index is 0.461. The van der Waals surface area contributed by atoms with E-state index in [4.69, 9.17) is 20.4 Å². The van der Waals surface area contributed by atoms with Gasteiger partial charge in [0.25, 0.3) is 0 Å². The van der Waals surface area contributed by atoms with E-state index in [1.807, 2.05) is 0 Å². The van der Waals surface area contributed by atoms with Crippen LogP contribution < -0.4 is 15.7 Å². The highest BCUT2D eigenvalue weighted by atomic mass is 16.5. The number of rotatable bonds is 1. The zero-order valence-electron chi connectivity index (χ0n) is 5.66. The number of nitrogens with zero attached hydrogens (tertiary/aromatic N) is 1. The number of aromatic nitrogens is 1. The molecule has 1 aromatic rings. The van der Waals surface area contributed by atoms with Crippen molar-refractivity contribution in [1.82, 2.24) is 4.98 Å². The number of methoxy groups -OCH3 is 1. The molecule has 0 N–H and O–H groups in total. The molecule has 1 heterocycles. The molecule has 0 aliphatic rings. The molecule has 1 aromatic heterocycles. The van der Waals surface area contributed by atoms with Crippen LogP contribution in [0.4, 0.5) is 0 Å². The summed E-state index contributed by atoms with van der Waals surface area (Å²) in [5.74, 6) is 0.495. The van der Waals surface area contributed by atoms with Crippen LogP contribution >= 0.6 is 0 Å². The molecular weight excluding hydrogens is 124 g/mol. The maximum Gasteiger partial charge on any atom is 0.121 e. The van der Waals surface area contributed by atoms with Gasteiger partial charge in [0.05, 0.1) is 7.11 Å². The Kier molecular flexibility index (Phi) is 2.00. The van der Waals surface area contributed by atoms with Crippen LogP contribution in [0.15, 0.2) is 12.4 Å². The van der Waals surface area contributed by atoms with Crippen LogP contribution in [0.1, 0.15) is 0 Å². The van der Waals surface area contributed by atoms with Crippen LogP contribution in [0.25, 0.3) is 0 Å². The van der Waals surface area contributed by atoms with Crippen LogP contribution in [-0.4, -0.2) is 27.8 Å². The van der Waals surface area contributed by atoms with Gasteiger partial charge in [-0.15, -0.1) is 0 Å². The van der Waals surface area contributed by atoms with E-state index in [-0.39, 0.29) is 0 Å². The van der Waals surface area contributed by atoms with Gasteiger partial charge in [0.15, 0.2) is 0 Å². The van der Waals surface area contributed by atoms with Crippen LogP contribution in [0.2, 0.25) is 0 Å². The first kappa shape index (κ1) is 7.19. The molecule has 0 aliphatic carbocycles. The molecule has 0 amide bonds. The van der Waals surface area contributed by atoms with Crippen molar-refractivity contribution >= 4 is 26.6 Å². The van der Waals surface area contributed by atoms with E-state index in [2.05, 4.69) is 4.98 Å². The fourth-order valence-corrected chi connectivity index (χ4v) is 0.717. The second-order valence-corrected chi connectivity index (χ2v) is 1.85. The number of pyridine rings is 1. The second-order valence-electron chi connectivity index (χ2n) is 1.85. The maximum absolute atomic E-state index is 5.46. The van der Waals surface area contributed by atoms with Crippen LogP contribution in [0, 0.1) is 0 Å². The van der Waals surface area contributed by atoms with Crippen molar-refractivity contribution in [3.8, 4) is 5.75 Å². The lowest BCUT2D eigenvalue weighted by Crippen LogP contribution is -2.19. The molecule has 0 fully saturated rings. The first-order valence-corrected chi connectivity index (χ1v) is 2.78. The Morgan fingerprint density at radius 3 is 2.10 bits per heavy atom. The van der Waals surface area contributed by atoms with Crippen molar-refractivity contribution in [2.45, 2.75) is 0 Å². The Bertz CT molecular complexity index is 219. The van der Waals surface area contributed by atoms with E-state index in [0.717, 1.165) is 0 Å². The summed E-state index contributed by atoms with van der Waals surface area (Å²) < 4.78 is 4.89. The van der Waals surface area contributed by atoms with E-state index < -0.39 is 0 Å². The zero-order valence-corrected chi connectivity index (χ0v) is 5.66. The van der Waals surface area contributed by atoms with Crippen molar-refractivity contribution in [2.24, 2.45) is 0 Å². The standard InChI is InChI=1S/C6H5B2NO/c1-10-6-4(7)2-9-3-5(6)8/h2-3H,1H3. The van der Waals surface area contributed by atoms with Gasteiger partial charge in [-0.3, -0.25) is 4.98 Å². The monoisotopic (exact) mass is 129 g/mol. The summed E-state index contributed by atoms with van der Waals surface area (Å²) in [6.07, 6.45) is 2.99. The van der Waals surface area contributed by atoms with Crippen molar-refractivity contribution in [3.05, 3.63) is 12.4 Å². The van der Waals surface area contributed by atoms with Gasteiger partial charge in [-0.05, 0) is 10.9 Å². The molecule has 1 rings (SSSR count). The predicted octanol–water partition coefficient (Wildman–Crippen LogP) is -1.32. The molecule has 0 aliphatic heterocycles. The molecule has 46 valence electrons. The molecule has 0 unspecified atom stereocenters. The normalized spacial score (nSPS) is 9.30. The minimum atomic E-state index is 0.461. The molecule has 4 heteroatoms. The van der Waals surface area contributed by atoms with Crippen molar-refractivity contribution < 1.29 is 4.74 Å². The highest BCUT2D eigenvalue weighted by Crippen LogP contribution is 1.95. The summed E-state index contributed by atoms with van der Waals surface area (Å²) in [5.41, 5.74) is 0.921. The van der Waals surface area contributed by atoms with Gasteiger partial charge in [-0.25, -0.2) is 0 Å². The van der Waals surface area contributed by atoms with Crippen molar-refractivity contribution in [2.75, 3.05) is 7.11 Å². The highest BCUT2D eigenvalue weighted by Gasteiger charge is 1.98. The Morgan fingerprint density at radius 1 is 1.30 bits per heavy atom. The summed E-state index contributed by atoms with van der Waals surface area (Å²) in [4.78, 5) is 3.76. The van der Waals surface area contributed by atoms with Crippen LogP contribution in [-0.2, 0) is 0 Å². The van der Waals surface area contributed by atoms with E-state index in [0.29, 0.717) is 16.7 Å². The quantitative estimate of drug-likeness (QED) is 0.438. The van der Waals surface area contributed by atoms with Crippen molar-refractivity contribution in [1.29, 1.82) is 0 Å². The third-order valence-electron chi connectivity index (χ3n) is 1.16. The zero-order chi connectivity index (χ0) is 7.56. The van der Waals surface area contributed by atoms with E-state index in [1.54, 1.807) is 0 Å². The summed E-state index contributed by atoms with van der Waals surface area (Å²) >= 11 is 0. The molecule has 0 bridgehead atoms. The summed E-state index contributed by atoms with van der Waals surface area (Å²) in [6, 6.07) is 0. The van der Waals surface area contributed by atoms with Gasteiger partial charge in [-0.2, -0.15) is 0 Å². The SMILES string of the molecule is [B]c1cncc([B])c1OC. The molecule has 0 atom stereocenters. The van der Waals surface area contributed by atoms with E-state index in [9.17, 15) is 0 Å². The molecule has 0 aromatic carbocycles. The Hall–Kier alpha value is -0.920. The first-order chi connectivity index (χ1) is 4.75. The van der Waals surface area contributed by atoms with Gasteiger partial charge in [0.1, 0.15) is 21.4 Å². The third kappa shape index (κ3) is 1.15. The number of hydrogen-bond acceptors (Lipinski definition) is 2. The predicted molar refractivity (Wildman–Crippen MR) is 41.6 cm³/mol. The molecule has 0 spiro atoms. The lowest BCUT2D eigenvalue weighted by atomic mass is 9.88.